The summed E-state index contributed by atoms with van der Waals surface area (Å²) in [5.74, 6) is 1.85. The van der Waals surface area contributed by atoms with Gasteiger partial charge in [-0.15, -0.1) is 0 Å². The second kappa shape index (κ2) is 9.51. The highest BCUT2D eigenvalue weighted by molar-refractivity contribution is 5.67. The van der Waals surface area contributed by atoms with Gasteiger partial charge in [-0.2, -0.15) is 0 Å². The molecule has 0 radical (unpaired) electrons. The van der Waals surface area contributed by atoms with Gasteiger partial charge in [-0.05, 0) is 51.4 Å². The second-order valence-corrected chi connectivity index (χ2v) is 8.43. The van der Waals surface area contributed by atoms with E-state index in [2.05, 4.69) is 31.4 Å². The molecule has 1 saturated carbocycles. The number of ether oxygens (including phenoxy) is 1. The molecule has 0 aromatic rings. The van der Waals surface area contributed by atoms with E-state index in [0.29, 0.717) is 24.4 Å². The maximum Gasteiger partial charge on any atom is 0.407 e. The largest absolute Gasteiger partial charge is 0.444 e. The maximum absolute atomic E-state index is 11.8. The SMILES string of the molecule is CCC1CCCC(NCC(CNC(=O)OC(C)(C)C)C(C)C)C1. The highest BCUT2D eigenvalue weighted by atomic mass is 16.6. The molecule has 3 atom stereocenters. The first-order valence-electron chi connectivity index (χ1n) is 9.41. The fourth-order valence-corrected chi connectivity index (χ4v) is 3.24. The number of carbonyl (C=O) groups is 1. The number of rotatable bonds is 7. The molecule has 2 N–H and O–H groups in total. The van der Waals surface area contributed by atoms with Crippen molar-refractivity contribution < 1.29 is 9.53 Å². The van der Waals surface area contributed by atoms with Crippen molar-refractivity contribution in [2.75, 3.05) is 13.1 Å². The number of alkyl carbamates (subject to hydrolysis) is 1. The van der Waals surface area contributed by atoms with Crippen molar-refractivity contribution in [1.29, 1.82) is 0 Å². The van der Waals surface area contributed by atoms with E-state index >= 15 is 0 Å². The smallest absolute Gasteiger partial charge is 0.407 e. The van der Waals surface area contributed by atoms with Crippen LogP contribution in [0.15, 0.2) is 0 Å². The van der Waals surface area contributed by atoms with Gasteiger partial charge in [-0.25, -0.2) is 4.79 Å². The monoisotopic (exact) mass is 326 g/mol. The Hall–Kier alpha value is -0.770. The van der Waals surface area contributed by atoms with E-state index in [-0.39, 0.29) is 6.09 Å². The summed E-state index contributed by atoms with van der Waals surface area (Å²) >= 11 is 0. The second-order valence-electron chi connectivity index (χ2n) is 8.43. The van der Waals surface area contributed by atoms with Crippen LogP contribution in [0.2, 0.25) is 0 Å². The Morgan fingerprint density at radius 1 is 1.22 bits per heavy atom. The fraction of sp³-hybridized carbons (Fsp3) is 0.947. The van der Waals surface area contributed by atoms with Gasteiger partial charge in [0.1, 0.15) is 5.60 Å². The zero-order valence-electron chi connectivity index (χ0n) is 16.1. The van der Waals surface area contributed by atoms with Crippen LogP contribution in [0.4, 0.5) is 4.79 Å². The molecule has 3 unspecified atom stereocenters. The lowest BCUT2D eigenvalue weighted by Crippen LogP contribution is -2.43. The van der Waals surface area contributed by atoms with Crippen molar-refractivity contribution in [3.05, 3.63) is 0 Å². The van der Waals surface area contributed by atoms with E-state index in [1.165, 1.54) is 32.1 Å². The number of hydrogen-bond acceptors (Lipinski definition) is 3. The summed E-state index contributed by atoms with van der Waals surface area (Å²) in [6.45, 7) is 14.0. The minimum absolute atomic E-state index is 0.313. The topological polar surface area (TPSA) is 50.4 Å². The summed E-state index contributed by atoms with van der Waals surface area (Å²) < 4.78 is 5.32. The lowest BCUT2D eigenvalue weighted by Gasteiger charge is -2.31. The summed E-state index contributed by atoms with van der Waals surface area (Å²) in [6, 6.07) is 0.650. The number of amides is 1. The molecular formula is C19H38N2O2. The molecule has 1 fully saturated rings. The van der Waals surface area contributed by atoms with Crippen LogP contribution in [-0.4, -0.2) is 30.8 Å². The van der Waals surface area contributed by atoms with Gasteiger partial charge in [0, 0.05) is 19.1 Å². The quantitative estimate of drug-likeness (QED) is 0.731. The van der Waals surface area contributed by atoms with E-state index in [0.717, 1.165) is 12.5 Å². The summed E-state index contributed by atoms with van der Waals surface area (Å²) in [5, 5.41) is 6.67. The Balaban J connectivity index is 2.36. The van der Waals surface area contributed by atoms with Gasteiger partial charge in [0.15, 0.2) is 0 Å². The van der Waals surface area contributed by atoms with Gasteiger partial charge in [0.25, 0.3) is 0 Å². The molecule has 4 nitrogen and oxygen atoms in total. The average Bonchev–Trinajstić information content (AvgIpc) is 2.45. The van der Waals surface area contributed by atoms with Gasteiger partial charge in [-0.1, -0.05) is 40.0 Å². The molecule has 0 aromatic carbocycles. The van der Waals surface area contributed by atoms with Gasteiger partial charge in [0.05, 0.1) is 0 Å². The number of nitrogens with one attached hydrogen (secondary N) is 2. The molecule has 4 heteroatoms. The predicted octanol–water partition coefficient (Wildman–Crippen LogP) is 4.34. The summed E-state index contributed by atoms with van der Waals surface area (Å²) in [7, 11) is 0. The first-order valence-corrected chi connectivity index (χ1v) is 9.41. The Bertz CT molecular complexity index is 350. The molecule has 0 saturated heterocycles. The Morgan fingerprint density at radius 3 is 2.48 bits per heavy atom. The molecule has 0 spiro atoms. The third kappa shape index (κ3) is 8.59. The van der Waals surface area contributed by atoms with Crippen LogP contribution in [0.1, 0.15) is 73.6 Å². The summed E-state index contributed by atoms with van der Waals surface area (Å²) in [4.78, 5) is 11.8. The lowest BCUT2D eigenvalue weighted by molar-refractivity contribution is 0.0514. The van der Waals surface area contributed by atoms with E-state index in [9.17, 15) is 4.79 Å². The van der Waals surface area contributed by atoms with Crippen LogP contribution >= 0.6 is 0 Å². The minimum Gasteiger partial charge on any atom is -0.444 e. The molecule has 1 amide bonds. The highest BCUT2D eigenvalue weighted by Gasteiger charge is 2.23. The van der Waals surface area contributed by atoms with E-state index in [4.69, 9.17) is 4.74 Å². The van der Waals surface area contributed by atoms with Crippen LogP contribution < -0.4 is 10.6 Å². The van der Waals surface area contributed by atoms with Crippen molar-refractivity contribution in [1.82, 2.24) is 10.6 Å². The minimum atomic E-state index is -0.438. The summed E-state index contributed by atoms with van der Waals surface area (Å²) in [6.07, 6.45) is 6.32. The molecule has 136 valence electrons. The van der Waals surface area contributed by atoms with Crippen LogP contribution in [0.5, 0.6) is 0 Å². The van der Waals surface area contributed by atoms with E-state index in [1.54, 1.807) is 0 Å². The molecule has 1 aliphatic rings. The van der Waals surface area contributed by atoms with Gasteiger partial charge >= 0.3 is 6.09 Å². The molecule has 23 heavy (non-hydrogen) atoms. The third-order valence-corrected chi connectivity index (χ3v) is 4.88. The lowest BCUT2D eigenvalue weighted by atomic mass is 9.84. The number of carbonyl (C=O) groups excluding carboxylic acids is 1. The van der Waals surface area contributed by atoms with Gasteiger partial charge in [-0.3, -0.25) is 0 Å². The molecule has 0 heterocycles. The molecule has 0 bridgehead atoms. The third-order valence-electron chi connectivity index (χ3n) is 4.88. The number of hydrogen-bond donors (Lipinski definition) is 2. The van der Waals surface area contributed by atoms with Crippen molar-refractivity contribution in [2.45, 2.75) is 85.3 Å². The van der Waals surface area contributed by atoms with Gasteiger partial charge < -0.3 is 15.4 Å². The van der Waals surface area contributed by atoms with E-state index in [1.807, 2.05) is 20.8 Å². The van der Waals surface area contributed by atoms with Gasteiger partial charge in [0.2, 0.25) is 0 Å². The first-order chi connectivity index (χ1) is 10.7. The molecule has 0 aromatic heterocycles. The first kappa shape index (κ1) is 20.3. The predicted molar refractivity (Wildman–Crippen MR) is 96.6 cm³/mol. The molecule has 1 rings (SSSR count). The highest BCUT2D eigenvalue weighted by Crippen LogP contribution is 2.26. The normalized spacial score (nSPS) is 23.6. The molecular weight excluding hydrogens is 288 g/mol. The maximum atomic E-state index is 11.8. The van der Waals surface area contributed by atoms with E-state index < -0.39 is 5.60 Å². The fourth-order valence-electron chi connectivity index (χ4n) is 3.24. The van der Waals surface area contributed by atoms with Crippen LogP contribution in [0.3, 0.4) is 0 Å². The van der Waals surface area contributed by atoms with Crippen molar-refractivity contribution in [3.8, 4) is 0 Å². The average molecular weight is 327 g/mol. The van der Waals surface area contributed by atoms with Crippen molar-refractivity contribution >= 4 is 6.09 Å². The Morgan fingerprint density at radius 2 is 1.91 bits per heavy atom. The Kier molecular flexibility index (Phi) is 8.38. The van der Waals surface area contributed by atoms with Crippen LogP contribution in [0.25, 0.3) is 0 Å². The standard InChI is InChI=1S/C19H38N2O2/c1-7-15-9-8-10-17(11-15)20-12-16(14(2)3)13-21-18(22)23-19(4,5)6/h14-17,20H,7-13H2,1-6H3,(H,21,22). The zero-order valence-corrected chi connectivity index (χ0v) is 16.1. The molecule has 0 aliphatic heterocycles. The zero-order chi connectivity index (χ0) is 17.5. The van der Waals surface area contributed by atoms with Crippen LogP contribution in [-0.2, 0) is 4.74 Å². The summed E-state index contributed by atoms with van der Waals surface area (Å²) in [5.41, 5.74) is -0.438. The van der Waals surface area contributed by atoms with Crippen LogP contribution in [0, 0.1) is 17.8 Å². The Labute approximate surface area is 143 Å². The van der Waals surface area contributed by atoms with Crippen molar-refractivity contribution in [2.24, 2.45) is 17.8 Å². The van der Waals surface area contributed by atoms with Crippen molar-refractivity contribution in [3.63, 3.8) is 0 Å². The molecule has 1 aliphatic carbocycles.